The first-order valence-electron chi connectivity index (χ1n) is 6.31. The van der Waals surface area contributed by atoms with Crippen LogP contribution in [0.4, 0.5) is 17.6 Å². The molecule has 0 saturated carbocycles. The molecule has 2 aromatic rings. The molecule has 1 N–H and O–H groups in total. The number of hydrogen-bond donors (Lipinski definition) is 1. The summed E-state index contributed by atoms with van der Waals surface area (Å²) in [4.78, 5) is 10.6. The molecule has 0 aliphatic heterocycles. The number of carboxylic acid groups (broad SMARTS) is 1. The molecular formula is C16H10F4O3. The van der Waals surface area contributed by atoms with E-state index in [0.717, 1.165) is 24.3 Å². The highest BCUT2D eigenvalue weighted by Crippen LogP contribution is 2.29. The summed E-state index contributed by atoms with van der Waals surface area (Å²) in [5, 5.41) is 8.65. The van der Waals surface area contributed by atoms with Gasteiger partial charge >= 0.3 is 12.3 Å². The zero-order valence-electron chi connectivity index (χ0n) is 11.5. The van der Waals surface area contributed by atoms with Gasteiger partial charge in [-0.25, -0.2) is 9.18 Å². The predicted molar refractivity (Wildman–Crippen MR) is 75.2 cm³/mol. The van der Waals surface area contributed by atoms with Crippen LogP contribution in [0.1, 0.15) is 5.56 Å². The van der Waals surface area contributed by atoms with Gasteiger partial charge in [0.2, 0.25) is 0 Å². The van der Waals surface area contributed by atoms with Crippen molar-refractivity contribution in [3.8, 4) is 16.9 Å². The molecule has 0 spiro atoms. The van der Waals surface area contributed by atoms with E-state index in [1.807, 2.05) is 0 Å². The number of hydrogen-bond acceptors (Lipinski definition) is 2. The molecule has 0 bridgehead atoms. The Kier molecular flexibility index (Phi) is 4.68. The van der Waals surface area contributed by atoms with Crippen molar-refractivity contribution < 1.29 is 32.2 Å². The van der Waals surface area contributed by atoms with Crippen LogP contribution in [-0.2, 0) is 4.79 Å². The summed E-state index contributed by atoms with van der Waals surface area (Å²) in [6.45, 7) is 0. The molecule has 0 unspecified atom stereocenters. The fourth-order valence-corrected chi connectivity index (χ4v) is 1.92. The topological polar surface area (TPSA) is 46.5 Å². The second-order valence-electron chi connectivity index (χ2n) is 4.48. The van der Waals surface area contributed by atoms with E-state index in [0.29, 0.717) is 16.7 Å². The summed E-state index contributed by atoms with van der Waals surface area (Å²) < 4.78 is 53.5. The van der Waals surface area contributed by atoms with Gasteiger partial charge in [0.05, 0.1) is 0 Å². The third-order valence-electron chi connectivity index (χ3n) is 2.82. The molecule has 0 saturated heterocycles. The van der Waals surface area contributed by atoms with E-state index in [-0.39, 0.29) is 0 Å². The molecule has 0 heterocycles. The molecule has 0 aliphatic rings. The second-order valence-corrected chi connectivity index (χ2v) is 4.48. The Morgan fingerprint density at radius 1 is 1.09 bits per heavy atom. The molecule has 120 valence electrons. The lowest BCUT2D eigenvalue weighted by molar-refractivity contribution is -0.274. The number of carboxylic acids is 1. The first kappa shape index (κ1) is 16.5. The van der Waals surface area contributed by atoms with Crippen LogP contribution in [0.5, 0.6) is 5.75 Å². The molecule has 0 atom stereocenters. The summed E-state index contributed by atoms with van der Waals surface area (Å²) in [7, 11) is 0. The van der Waals surface area contributed by atoms with E-state index in [4.69, 9.17) is 5.11 Å². The Hall–Kier alpha value is -2.83. The maximum absolute atomic E-state index is 13.4. The van der Waals surface area contributed by atoms with Crippen LogP contribution < -0.4 is 4.74 Å². The summed E-state index contributed by atoms with van der Waals surface area (Å²) >= 11 is 0. The lowest BCUT2D eigenvalue weighted by atomic mass is 9.99. The highest BCUT2D eigenvalue weighted by atomic mass is 19.4. The number of ether oxygens (including phenoxy) is 1. The molecule has 0 radical (unpaired) electrons. The Morgan fingerprint density at radius 3 is 2.30 bits per heavy atom. The Balaban J connectivity index is 2.37. The normalized spacial score (nSPS) is 11.7. The highest BCUT2D eigenvalue weighted by molar-refractivity contribution is 5.87. The second kappa shape index (κ2) is 6.51. The molecule has 3 nitrogen and oxygen atoms in total. The average molecular weight is 326 g/mol. The largest absolute Gasteiger partial charge is 0.573 e. The van der Waals surface area contributed by atoms with Crippen LogP contribution in [0, 0.1) is 5.82 Å². The van der Waals surface area contributed by atoms with Crippen LogP contribution in [0.25, 0.3) is 17.2 Å². The number of alkyl halides is 3. The average Bonchev–Trinajstić information content (AvgIpc) is 2.45. The minimum Gasteiger partial charge on any atom is -0.478 e. The fourth-order valence-electron chi connectivity index (χ4n) is 1.92. The van der Waals surface area contributed by atoms with Gasteiger partial charge in [0.15, 0.2) is 0 Å². The number of halogens is 4. The van der Waals surface area contributed by atoms with Crippen molar-refractivity contribution >= 4 is 12.0 Å². The molecule has 2 aromatic carbocycles. The van der Waals surface area contributed by atoms with E-state index in [2.05, 4.69) is 4.74 Å². The zero-order valence-corrected chi connectivity index (χ0v) is 11.5. The van der Waals surface area contributed by atoms with Gasteiger partial charge in [-0.3, -0.25) is 0 Å². The van der Waals surface area contributed by atoms with E-state index >= 15 is 0 Å². The monoisotopic (exact) mass is 326 g/mol. The van der Waals surface area contributed by atoms with Crippen molar-refractivity contribution in [2.24, 2.45) is 0 Å². The molecule has 0 fully saturated rings. The number of rotatable bonds is 4. The standard InChI is InChI=1S/C16H10F4O3/c17-12-5-1-10(4-8-15(21)22)14(9-12)11-2-6-13(7-3-11)23-16(18,19)20/h1-9H,(H,21,22)/b8-4+. The lowest BCUT2D eigenvalue weighted by Crippen LogP contribution is -2.16. The van der Waals surface area contributed by atoms with Gasteiger partial charge < -0.3 is 9.84 Å². The lowest BCUT2D eigenvalue weighted by Gasteiger charge is -2.10. The summed E-state index contributed by atoms with van der Waals surface area (Å²) in [5.74, 6) is -2.13. The van der Waals surface area contributed by atoms with Gasteiger partial charge in [-0.2, -0.15) is 0 Å². The highest BCUT2D eigenvalue weighted by Gasteiger charge is 2.30. The van der Waals surface area contributed by atoms with Gasteiger partial charge in [0.25, 0.3) is 0 Å². The Labute approximate surface area is 128 Å². The molecule has 0 aliphatic carbocycles. The number of aliphatic carboxylic acids is 1. The van der Waals surface area contributed by atoms with Crippen LogP contribution in [0.3, 0.4) is 0 Å². The van der Waals surface area contributed by atoms with E-state index in [1.165, 1.54) is 30.3 Å². The summed E-state index contributed by atoms with van der Waals surface area (Å²) in [5.41, 5.74) is 1.18. The molecule has 0 amide bonds. The van der Waals surface area contributed by atoms with Crippen molar-refractivity contribution in [3.63, 3.8) is 0 Å². The van der Waals surface area contributed by atoms with Crippen LogP contribution in [0.2, 0.25) is 0 Å². The third-order valence-corrected chi connectivity index (χ3v) is 2.82. The Bertz CT molecular complexity index is 734. The number of carbonyl (C=O) groups is 1. The molecule has 0 aromatic heterocycles. The van der Waals surface area contributed by atoms with Crippen LogP contribution in [-0.4, -0.2) is 17.4 Å². The SMILES string of the molecule is O=C(O)/C=C/c1ccc(F)cc1-c1ccc(OC(F)(F)F)cc1. The number of benzene rings is 2. The van der Waals surface area contributed by atoms with E-state index in [9.17, 15) is 22.4 Å². The first-order chi connectivity index (χ1) is 10.7. The third kappa shape index (κ3) is 4.84. The predicted octanol–water partition coefficient (Wildman–Crippen LogP) is 4.49. The van der Waals surface area contributed by atoms with Crippen LogP contribution in [0.15, 0.2) is 48.5 Å². The minimum absolute atomic E-state index is 0.348. The van der Waals surface area contributed by atoms with Crippen molar-refractivity contribution in [2.75, 3.05) is 0 Å². The Morgan fingerprint density at radius 2 is 1.74 bits per heavy atom. The van der Waals surface area contributed by atoms with Gasteiger partial charge in [-0.15, -0.1) is 13.2 Å². The smallest absolute Gasteiger partial charge is 0.478 e. The van der Waals surface area contributed by atoms with Crippen molar-refractivity contribution in [2.45, 2.75) is 6.36 Å². The van der Waals surface area contributed by atoms with Gasteiger partial charge in [-0.05, 0) is 47.0 Å². The van der Waals surface area contributed by atoms with Gasteiger partial charge in [0, 0.05) is 6.08 Å². The van der Waals surface area contributed by atoms with Gasteiger partial charge in [0.1, 0.15) is 11.6 Å². The van der Waals surface area contributed by atoms with Crippen LogP contribution >= 0.6 is 0 Å². The maximum Gasteiger partial charge on any atom is 0.573 e. The molecule has 7 heteroatoms. The minimum atomic E-state index is -4.80. The quantitative estimate of drug-likeness (QED) is 0.665. The summed E-state index contributed by atoms with van der Waals surface area (Å²) in [6, 6.07) is 8.55. The van der Waals surface area contributed by atoms with Gasteiger partial charge in [-0.1, -0.05) is 18.2 Å². The maximum atomic E-state index is 13.4. The molecule has 2 rings (SSSR count). The van der Waals surface area contributed by atoms with Crippen molar-refractivity contribution in [1.82, 2.24) is 0 Å². The fraction of sp³-hybridized carbons (Fsp3) is 0.0625. The first-order valence-corrected chi connectivity index (χ1v) is 6.31. The van der Waals surface area contributed by atoms with Crippen molar-refractivity contribution in [1.29, 1.82) is 0 Å². The molecule has 23 heavy (non-hydrogen) atoms. The van der Waals surface area contributed by atoms with E-state index in [1.54, 1.807) is 0 Å². The zero-order chi connectivity index (χ0) is 17.0. The van der Waals surface area contributed by atoms with E-state index < -0.39 is 23.9 Å². The molecular weight excluding hydrogens is 316 g/mol. The van der Waals surface area contributed by atoms with Crippen molar-refractivity contribution in [3.05, 3.63) is 59.9 Å². The summed E-state index contributed by atoms with van der Waals surface area (Å²) in [6.07, 6.45) is -2.63.